The van der Waals surface area contributed by atoms with E-state index in [-0.39, 0.29) is 11.8 Å². The summed E-state index contributed by atoms with van der Waals surface area (Å²) < 4.78 is 0. The number of likely N-dealkylation sites (tertiary alicyclic amines) is 1. The van der Waals surface area contributed by atoms with Gasteiger partial charge in [0.05, 0.1) is 5.41 Å². The maximum Gasteiger partial charge on any atom is 0.225 e. The molecule has 0 aromatic rings. The SMILES string of the molecule is CC1(C(N)=O)CCN(C(=O)CCCCCN)C1. The highest BCUT2D eigenvalue weighted by Gasteiger charge is 2.40. The summed E-state index contributed by atoms with van der Waals surface area (Å²) in [5.74, 6) is -0.178. The van der Waals surface area contributed by atoms with E-state index >= 15 is 0 Å². The maximum atomic E-state index is 11.9. The van der Waals surface area contributed by atoms with Gasteiger partial charge in [0.1, 0.15) is 0 Å². The zero-order valence-electron chi connectivity index (χ0n) is 10.6. The highest BCUT2D eigenvalue weighted by Crippen LogP contribution is 2.29. The first-order valence-electron chi connectivity index (χ1n) is 6.27. The number of carbonyl (C=O) groups is 2. The van der Waals surface area contributed by atoms with E-state index in [2.05, 4.69) is 0 Å². The summed E-state index contributed by atoms with van der Waals surface area (Å²) in [6.07, 6.45) is 4.06. The van der Waals surface area contributed by atoms with Gasteiger partial charge in [0.15, 0.2) is 0 Å². The molecule has 17 heavy (non-hydrogen) atoms. The average Bonchev–Trinajstić information content (AvgIpc) is 2.69. The van der Waals surface area contributed by atoms with E-state index in [9.17, 15) is 9.59 Å². The lowest BCUT2D eigenvalue weighted by Crippen LogP contribution is -2.38. The van der Waals surface area contributed by atoms with Crippen LogP contribution < -0.4 is 11.5 Å². The van der Waals surface area contributed by atoms with Crippen molar-refractivity contribution in [2.24, 2.45) is 16.9 Å². The quantitative estimate of drug-likeness (QED) is 0.652. The second-order valence-electron chi connectivity index (χ2n) is 5.09. The Morgan fingerprint density at radius 1 is 1.29 bits per heavy atom. The van der Waals surface area contributed by atoms with Crippen LogP contribution in [0.1, 0.15) is 39.0 Å². The number of nitrogens with two attached hydrogens (primary N) is 2. The van der Waals surface area contributed by atoms with Gasteiger partial charge in [-0.25, -0.2) is 0 Å². The lowest BCUT2D eigenvalue weighted by molar-refractivity contribution is -0.131. The smallest absolute Gasteiger partial charge is 0.225 e. The molecule has 1 aliphatic rings. The number of carbonyl (C=O) groups excluding carboxylic acids is 2. The van der Waals surface area contributed by atoms with Gasteiger partial charge in [0, 0.05) is 19.5 Å². The Morgan fingerprint density at radius 2 is 2.00 bits per heavy atom. The summed E-state index contributed by atoms with van der Waals surface area (Å²) in [4.78, 5) is 24.9. The van der Waals surface area contributed by atoms with Crippen molar-refractivity contribution in [3.8, 4) is 0 Å². The second-order valence-corrected chi connectivity index (χ2v) is 5.09. The molecule has 1 fully saturated rings. The molecule has 5 heteroatoms. The van der Waals surface area contributed by atoms with Crippen LogP contribution >= 0.6 is 0 Å². The number of unbranched alkanes of at least 4 members (excludes halogenated alkanes) is 2. The zero-order valence-corrected chi connectivity index (χ0v) is 10.6. The predicted octanol–water partition coefficient (Wildman–Crippen LogP) is 0.229. The van der Waals surface area contributed by atoms with Gasteiger partial charge >= 0.3 is 0 Å². The van der Waals surface area contributed by atoms with Gasteiger partial charge in [-0.1, -0.05) is 6.42 Å². The lowest BCUT2D eigenvalue weighted by Gasteiger charge is -2.21. The molecule has 98 valence electrons. The first-order valence-corrected chi connectivity index (χ1v) is 6.27. The first kappa shape index (κ1) is 14.0. The molecule has 0 bridgehead atoms. The van der Waals surface area contributed by atoms with Gasteiger partial charge < -0.3 is 16.4 Å². The molecule has 0 aromatic heterocycles. The minimum Gasteiger partial charge on any atom is -0.369 e. The van der Waals surface area contributed by atoms with Crippen molar-refractivity contribution in [1.29, 1.82) is 0 Å². The van der Waals surface area contributed by atoms with Crippen LogP contribution in [0, 0.1) is 5.41 Å². The maximum absolute atomic E-state index is 11.9. The summed E-state index contributed by atoms with van der Waals surface area (Å²) in [7, 11) is 0. The molecule has 0 saturated carbocycles. The van der Waals surface area contributed by atoms with E-state index in [4.69, 9.17) is 11.5 Å². The van der Waals surface area contributed by atoms with Gasteiger partial charge in [-0.3, -0.25) is 9.59 Å². The van der Waals surface area contributed by atoms with Crippen LogP contribution in [0.2, 0.25) is 0 Å². The molecule has 1 saturated heterocycles. The Morgan fingerprint density at radius 3 is 2.53 bits per heavy atom. The van der Waals surface area contributed by atoms with E-state index in [1.54, 1.807) is 4.90 Å². The Kier molecular flexibility index (Phi) is 4.93. The summed E-state index contributed by atoms with van der Waals surface area (Å²) in [5, 5.41) is 0. The minimum atomic E-state index is -0.535. The zero-order chi connectivity index (χ0) is 12.9. The Bertz CT molecular complexity index is 293. The third-order valence-electron chi connectivity index (χ3n) is 3.52. The number of amides is 2. The van der Waals surface area contributed by atoms with Gasteiger partial charge in [0.25, 0.3) is 0 Å². The Labute approximate surface area is 103 Å². The molecular weight excluding hydrogens is 218 g/mol. The molecule has 1 heterocycles. The van der Waals surface area contributed by atoms with Crippen LogP contribution in [0.4, 0.5) is 0 Å². The molecule has 4 N–H and O–H groups in total. The molecule has 0 aromatic carbocycles. The molecule has 0 radical (unpaired) electrons. The van der Waals surface area contributed by atoms with E-state index in [1.807, 2.05) is 6.92 Å². The largest absolute Gasteiger partial charge is 0.369 e. The topological polar surface area (TPSA) is 89.4 Å². The van der Waals surface area contributed by atoms with E-state index in [1.165, 1.54) is 0 Å². The van der Waals surface area contributed by atoms with E-state index in [0.717, 1.165) is 19.3 Å². The number of rotatable bonds is 6. The van der Waals surface area contributed by atoms with Gasteiger partial charge in [-0.2, -0.15) is 0 Å². The van der Waals surface area contributed by atoms with Gasteiger partial charge in [-0.05, 0) is 32.7 Å². The molecular formula is C12H23N3O2. The highest BCUT2D eigenvalue weighted by molar-refractivity contribution is 5.83. The van der Waals surface area contributed by atoms with Gasteiger partial charge in [-0.15, -0.1) is 0 Å². The van der Waals surface area contributed by atoms with Crippen LogP contribution in [0.25, 0.3) is 0 Å². The summed E-state index contributed by atoms with van der Waals surface area (Å²) >= 11 is 0. The molecule has 1 unspecified atom stereocenters. The fourth-order valence-electron chi connectivity index (χ4n) is 2.13. The molecule has 0 spiro atoms. The van der Waals surface area contributed by atoms with Crippen molar-refractivity contribution in [3.63, 3.8) is 0 Å². The lowest BCUT2D eigenvalue weighted by atomic mass is 9.89. The van der Waals surface area contributed by atoms with Crippen LogP contribution in [-0.4, -0.2) is 36.3 Å². The van der Waals surface area contributed by atoms with Crippen molar-refractivity contribution in [2.75, 3.05) is 19.6 Å². The van der Waals surface area contributed by atoms with Crippen LogP contribution in [0.3, 0.4) is 0 Å². The van der Waals surface area contributed by atoms with Crippen molar-refractivity contribution < 1.29 is 9.59 Å². The number of hydrogen-bond acceptors (Lipinski definition) is 3. The molecule has 5 nitrogen and oxygen atoms in total. The number of primary amides is 1. The monoisotopic (exact) mass is 241 g/mol. The second kappa shape index (κ2) is 6.00. The van der Waals surface area contributed by atoms with Crippen molar-refractivity contribution in [3.05, 3.63) is 0 Å². The summed E-state index contributed by atoms with van der Waals surface area (Å²) in [6, 6.07) is 0. The van der Waals surface area contributed by atoms with Crippen LogP contribution in [-0.2, 0) is 9.59 Å². The summed E-state index contributed by atoms with van der Waals surface area (Å²) in [5.41, 5.74) is 10.2. The molecule has 1 atom stereocenters. The summed E-state index contributed by atoms with van der Waals surface area (Å²) in [6.45, 7) is 3.63. The highest BCUT2D eigenvalue weighted by atomic mass is 16.2. The van der Waals surface area contributed by atoms with Crippen molar-refractivity contribution in [2.45, 2.75) is 39.0 Å². The number of hydrogen-bond donors (Lipinski definition) is 2. The van der Waals surface area contributed by atoms with Gasteiger partial charge in [0.2, 0.25) is 11.8 Å². The standard InChI is InChI=1S/C12H23N3O2/c1-12(11(14)17)6-8-15(9-12)10(16)5-3-2-4-7-13/h2-9,13H2,1H3,(H2,14,17). The molecule has 1 rings (SSSR count). The van der Waals surface area contributed by atoms with Crippen molar-refractivity contribution in [1.82, 2.24) is 4.90 Å². The third-order valence-corrected chi connectivity index (χ3v) is 3.52. The molecule has 2 amide bonds. The minimum absolute atomic E-state index is 0.131. The Balaban J connectivity index is 2.33. The fourth-order valence-corrected chi connectivity index (χ4v) is 2.13. The third kappa shape index (κ3) is 3.70. The fraction of sp³-hybridized carbons (Fsp3) is 0.833. The van der Waals surface area contributed by atoms with E-state index < -0.39 is 5.41 Å². The normalized spacial score (nSPS) is 24.0. The first-order chi connectivity index (χ1) is 7.99. The van der Waals surface area contributed by atoms with E-state index in [0.29, 0.717) is 32.5 Å². The molecule has 0 aliphatic carbocycles. The average molecular weight is 241 g/mol. The van der Waals surface area contributed by atoms with Crippen molar-refractivity contribution >= 4 is 11.8 Å². The number of nitrogens with zero attached hydrogens (tertiary/aromatic N) is 1. The predicted molar refractivity (Wildman–Crippen MR) is 66.0 cm³/mol. The molecule has 1 aliphatic heterocycles. The van der Waals surface area contributed by atoms with Crippen LogP contribution in [0.5, 0.6) is 0 Å². The Hall–Kier alpha value is -1.10. The van der Waals surface area contributed by atoms with Crippen LogP contribution in [0.15, 0.2) is 0 Å².